The van der Waals surface area contributed by atoms with Gasteiger partial charge in [-0.05, 0) is 35.2 Å². The summed E-state index contributed by atoms with van der Waals surface area (Å²) in [6.45, 7) is 0.606. The molecule has 0 aliphatic heterocycles. The van der Waals surface area contributed by atoms with E-state index in [4.69, 9.17) is 5.11 Å². The Kier molecular flexibility index (Phi) is 3.70. The minimum absolute atomic E-state index is 0.0148. The molecule has 1 aliphatic carbocycles. The maximum atomic E-state index is 12.4. The first-order valence-corrected chi connectivity index (χ1v) is 7.52. The van der Waals surface area contributed by atoms with Crippen LogP contribution in [0.4, 0.5) is 0 Å². The molecule has 3 rings (SSSR count). The molecule has 0 saturated heterocycles. The van der Waals surface area contributed by atoms with Crippen molar-refractivity contribution in [1.29, 1.82) is 0 Å². The van der Waals surface area contributed by atoms with Crippen LogP contribution < -0.4 is 0 Å². The molecule has 2 heterocycles. The van der Waals surface area contributed by atoms with Crippen molar-refractivity contribution in [1.82, 2.24) is 19.9 Å². The monoisotopic (exact) mass is 306 g/mol. The molecule has 7 nitrogen and oxygen atoms in total. The molecule has 1 saturated carbocycles. The van der Waals surface area contributed by atoms with Gasteiger partial charge in [0.25, 0.3) is 0 Å². The Morgan fingerprint density at radius 3 is 2.86 bits per heavy atom. The van der Waals surface area contributed by atoms with E-state index in [2.05, 4.69) is 10.3 Å². The van der Waals surface area contributed by atoms with Crippen molar-refractivity contribution in [2.24, 2.45) is 0 Å². The number of hydrogen-bond acceptors (Lipinski definition) is 5. The Morgan fingerprint density at radius 2 is 2.29 bits per heavy atom. The van der Waals surface area contributed by atoms with Gasteiger partial charge in [0.15, 0.2) is 5.69 Å². The van der Waals surface area contributed by atoms with E-state index in [1.807, 2.05) is 21.7 Å². The van der Waals surface area contributed by atoms with Gasteiger partial charge in [-0.25, -0.2) is 9.48 Å². The molecule has 8 heteroatoms. The highest BCUT2D eigenvalue weighted by molar-refractivity contribution is 7.07. The molecule has 0 radical (unpaired) electrons. The van der Waals surface area contributed by atoms with E-state index in [1.54, 1.807) is 11.3 Å². The number of carboxylic acid groups (broad SMARTS) is 1. The first kappa shape index (κ1) is 13.7. The van der Waals surface area contributed by atoms with Crippen molar-refractivity contribution in [3.63, 3.8) is 0 Å². The second-order valence-electron chi connectivity index (χ2n) is 4.99. The van der Waals surface area contributed by atoms with Gasteiger partial charge in [0.05, 0.1) is 6.20 Å². The molecule has 110 valence electrons. The molecule has 0 bridgehead atoms. The van der Waals surface area contributed by atoms with Crippen molar-refractivity contribution < 1.29 is 14.7 Å². The quantitative estimate of drug-likeness (QED) is 0.867. The summed E-state index contributed by atoms with van der Waals surface area (Å²) < 4.78 is 1.27. The molecule has 2 aromatic heterocycles. The first-order chi connectivity index (χ1) is 10.1. The van der Waals surface area contributed by atoms with Crippen LogP contribution in [0.1, 0.15) is 28.9 Å². The van der Waals surface area contributed by atoms with E-state index >= 15 is 0 Å². The molecule has 1 N–H and O–H groups in total. The van der Waals surface area contributed by atoms with Crippen LogP contribution in [0, 0.1) is 0 Å². The van der Waals surface area contributed by atoms with E-state index in [0.29, 0.717) is 12.6 Å². The van der Waals surface area contributed by atoms with Gasteiger partial charge in [-0.15, -0.1) is 5.10 Å². The number of carbonyl (C=O) groups is 2. The molecule has 0 spiro atoms. The maximum Gasteiger partial charge on any atom is 0.358 e. The number of thiophene rings is 1. The fourth-order valence-electron chi connectivity index (χ4n) is 2.09. The zero-order chi connectivity index (χ0) is 14.8. The van der Waals surface area contributed by atoms with E-state index < -0.39 is 5.97 Å². The molecule has 1 fully saturated rings. The Balaban J connectivity index is 1.67. The summed E-state index contributed by atoms with van der Waals surface area (Å²) in [6, 6.07) is 2.30. The second kappa shape index (κ2) is 5.65. The zero-order valence-corrected chi connectivity index (χ0v) is 12.0. The Morgan fingerprint density at radius 1 is 1.48 bits per heavy atom. The average Bonchev–Trinajstić information content (AvgIpc) is 2.97. The number of aromatic carboxylic acids is 1. The molecular formula is C13H14N4O3S. The first-order valence-electron chi connectivity index (χ1n) is 6.57. The van der Waals surface area contributed by atoms with Gasteiger partial charge in [-0.3, -0.25) is 4.79 Å². The highest BCUT2D eigenvalue weighted by atomic mass is 32.1. The fraction of sp³-hybridized carbons (Fsp3) is 0.385. The van der Waals surface area contributed by atoms with Crippen molar-refractivity contribution in [2.45, 2.75) is 32.0 Å². The maximum absolute atomic E-state index is 12.4. The topological polar surface area (TPSA) is 88.3 Å². The largest absolute Gasteiger partial charge is 0.476 e. The van der Waals surface area contributed by atoms with E-state index in [-0.39, 0.29) is 18.1 Å². The highest BCUT2D eigenvalue weighted by Crippen LogP contribution is 2.29. The van der Waals surface area contributed by atoms with Crippen LogP contribution in [0.3, 0.4) is 0 Å². The van der Waals surface area contributed by atoms with Gasteiger partial charge in [0, 0.05) is 12.6 Å². The van der Waals surface area contributed by atoms with Gasteiger partial charge >= 0.3 is 5.97 Å². The molecule has 2 aromatic rings. The number of carbonyl (C=O) groups excluding carboxylic acids is 1. The zero-order valence-electron chi connectivity index (χ0n) is 11.2. The lowest BCUT2D eigenvalue weighted by Crippen LogP contribution is -2.35. The van der Waals surface area contributed by atoms with Gasteiger partial charge < -0.3 is 10.0 Å². The van der Waals surface area contributed by atoms with E-state index in [0.717, 1.165) is 18.4 Å². The second-order valence-corrected chi connectivity index (χ2v) is 5.77. The number of nitrogens with zero attached hydrogens (tertiary/aromatic N) is 4. The Labute approximate surface area is 124 Å². The lowest BCUT2D eigenvalue weighted by molar-refractivity contribution is -0.133. The van der Waals surface area contributed by atoms with Gasteiger partial charge in [0.1, 0.15) is 6.54 Å². The van der Waals surface area contributed by atoms with E-state index in [9.17, 15) is 9.59 Å². The number of rotatable bonds is 6. The summed E-state index contributed by atoms with van der Waals surface area (Å²) in [5.41, 5.74) is 0.962. The Bertz CT molecular complexity index is 648. The molecule has 21 heavy (non-hydrogen) atoms. The normalized spacial score (nSPS) is 14.1. The number of aromatic nitrogens is 3. The summed E-state index contributed by atoms with van der Waals surface area (Å²) in [5.74, 6) is -1.21. The number of carboxylic acids is 1. The van der Waals surface area contributed by atoms with Gasteiger partial charge in [-0.1, -0.05) is 5.21 Å². The van der Waals surface area contributed by atoms with Crippen LogP contribution in [0.25, 0.3) is 0 Å². The number of hydrogen-bond donors (Lipinski definition) is 1. The van der Waals surface area contributed by atoms with Crippen molar-refractivity contribution >= 4 is 23.2 Å². The Hall–Kier alpha value is -2.22. The minimum atomic E-state index is -1.15. The third-order valence-corrected chi connectivity index (χ3v) is 4.03. The van der Waals surface area contributed by atoms with Crippen LogP contribution in [0.2, 0.25) is 0 Å². The van der Waals surface area contributed by atoms with Crippen LogP contribution in [0.5, 0.6) is 0 Å². The summed E-state index contributed by atoms with van der Waals surface area (Å²) in [6.07, 6.45) is 3.32. The molecule has 0 aromatic carbocycles. The van der Waals surface area contributed by atoms with Gasteiger partial charge in [0.2, 0.25) is 5.91 Å². The van der Waals surface area contributed by atoms with Gasteiger partial charge in [-0.2, -0.15) is 11.3 Å². The van der Waals surface area contributed by atoms with Crippen LogP contribution in [0.15, 0.2) is 23.0 Å². The summed E-state index contributed by atoms with van der Waals surface area (Å²) in [7, 11) is 0. The van der Waals surface area contributed by atoms with Crippen LogP contribution in [-0.2, 0) is 17.9 Å². The molecule has 0 unspecified atom stereocenters. The van der Waals surface area contributed by atoms with E-state index in [1.165, 1.54) is 10.9 Å². The minimum Gasteiger partial charge on any atom is -0.476 e. The SMILES string of the molecule is O=C(O)c1cn(CC(=O)N(Cc2ccsc2)C2CC2)nn1. The number of amides is 1. The third kappa shape index (κ3) is 3.27. The predicted octanol–water partition coefficient (Wildman–Crippen LogP) is 1.23. The highest BCUT2D eigenvalue weighted by Gasteiger charge is 2.32. The van der Waals surface area contributed by atoms with Crippen LogP contribution >= 0.6 is 11.3 Å². The summed E-state index contributed by atoms with van der Waals surface area (Å²) >= 11 is 1.61. The molecule has 0 atom stereocenters. The molecule has 1 amide bonds. The lowest BCUT2D eigenvalue weighted by Gasteiger charge is -2.21. The van der Waals surface area contributed by atoms with Crippen molar-refractivity contribution in [3.05, 3.63) is 34.3 Å². The molecule has 1 aliphatic rings. The predicted molar refractivity (Wildman–Crippen MR) is 74.9 cm³/mol. The summed E-state index contributed by atoms with van der Waals surface area (Å²) in [5, 5.41) is 20.0. The standard InChI is InChI=1S/C13H14N4O3S/c18-12(7-16-6-11(13(19)20)14-15-16)17(10-1-2-10)5-9-3-4-21-8-9/h3-4,6,8,10H,1-2,5,7H2,(H,19,20). The third-order valence-electron chi connectivity index (χ3n) is 3.30. The van der Waals surface area contributed by atoms with Crippen LogP contribution in [-0.4, -0.2) is 42.9 Å². The average molecular weight is 306 g/mol. The summed E-state index contributed by atoms with van der Waals surface area (Å²) in [4.78, 5) is 25.0. The fourth-order valence-corrected chi connectivity index (χ4v) is 2.75. The lowest BCUT2D eigenvalue weighted by atomic mass is 10.3. The molecular weight excluding hydrogens is 292 g/mol. The smallest absolute Gasteiger partial charge is 0.358 e. The van der Waals surface area contributed by atoms with Crippen molar-refractivity contribution in [2.75, 3.05) is 0 Å². The van der Waals surface area contributed by atoms with Crippen molar-refractivity contribution in [3.8, 4) is 0 Å².